The van der Waals surface area contributed by atoms with E-state index in [1.54, 1.807) is 6.20 Å². The Hall–Kier alpha value is -1.01. The predicted octanol–water partition coefficient (Wildman–Crippen LogP) is -0.293. The van der Waals surface area contributed by atoms with E-state index in [1.807, 2.05) is 18.2 Å². The molecule has 5 heteroatoms. The van der Waals surface area contributed by atoms with Crippen LogP contribution in [0.15, 0.2) is 24.4 Å². The van der Waals surface area contributed by atoms with Gasteiger partial charge in [-0.25, -0.2) is 10.9 Å². The molecule has 2 unspecified atom stereocenters. The number of pyridine rings is 1. The van der Waals surface area contributed by atoms with Gasteiger partial charge in [-0.1, -0.05) is 6.07 Å². The summed E-state index contributed by atoms with van der Waals surface area (Å²) in [5.41, 5.74) is 12.4. The smallest absolute Gasteiger partial charge is 0.123 e. The van der Waals surface area contributed by atoms with Crippen molar-refractivity contribution in [3.05, 3.63) is 30.1 Å². The molecule has 0 radical (unpaired) electrons. The predicted molar refractivity (Wildman–Crippen MR) is 51.7 cm³/mol. The highest BCUT2D eigenvalue weighted by Gasteiger charge is 2.20. The average molecular weight is 194 g/mol. The lowest BCUT2D eigenvalue weighted by atomic mass is 10.3. The van der Waals surface area contributed by atoms with Gasteiger partial charge in [-0.05, 0) is 12.1 Å². The summed E-state index contributed by atoms with van der Waals surface area (Å²) in [5, 5.41) is 0. The summed E-state index contributed by atoms with van der Waals surface area (Å²) in [6.07, 6.45) is 2.48. The number of nitrogens with two attached hydrogens (primary N) is 1. The van der Waals surface area contributed by atoms with Gasteiger partial charge < -0.3 is 10.5 Å². The van der Waals surface area contributed by atoms with Crippen LogP contribution in [0, 0.1) is 0 Å². The quantitative estimate of drug-likeness (QED) is 0.616. The normalized spacial score (nSPS) is 26.6. The van der Waals surface area contributed by atoms with E-state index in [4.69, 9.17) is 10.5 Å². The summed E-state index contributed by atoms with van der Waals surface area (Å²) in [7, 11) is 0. The third-order valence-electron chi connectivity index (χ3n) is 2.06. The Morgan fingerprint density at radius 3 is 3.07 bits per heavy atom. The molecule has 0 bridgehead atoms. The standard InChI is InChI=1S/C9H14N4O/c10-8-5-9(13-12-8)14-6-7-3-1-2-4-11-7/h1-4,8-9,12-13H,5-6,10H2. The van der Waals surface area contributed by atoms with Crippen LogP contribution in [0.5, 0.6) is 0 Å². The summed E-state index contributed by atoms with van der Waals surface area (Å²) in [4.78, 5) is 4.15. The highest BCUT2D eigenvalue weighted by atomic mass is 16.5. The van der Waals surface area contributed by atoms with Crippen molar-refractivity contribution in [3.8, 4) is 0 Å². The third-order valence-corrected chi connectivity index (χ3v) is 2.06. The summed E-state index contributed by atoms with van der Waals surface area (Å²) < 4.78 is 5.54. The molecule has 0 amide bonds. The van der Waals surface area contributed by atoms with E-state index in [0.717, 1.165) is 12.1 Å². The monoisotopic (exact) mass is 194 g/mol. The minimum atomic E-state index is -0.0243. The number of hydrazine groups is 1. The van der Waals surface area contributed by atoms with Crippen LogP contribution < -0.4 is 16.6 Å². The lowest BCUT2D eigenvalue weighted by molar-refractivity contribution is 0.0251. The molecule has 0 saturated carbocycles. The van der Waals surface area contributed by atoms with Crippen molar-refractivity contribution < 1.29 is 4.74 Å². The van der Waals surface area contributed by atoms with Gasteiger partial charge in [0, 0.05) is 12.6 Å². The number of aromatic nitrogens is 1. The molecule has 0 aromatic carbocycles. The first-order chi connectivity index (χ1) is 6.84. The molecule has 1 aromatic rings. The molecule has 2 atom stereocenters. The van der Waals surface area contributed by atoms with Crippen molar-refractivity contribution in [2.45, 2.75) is 25.4 Å². The van der Waals surface area contributed by atoms with Crippen LogP contribution in [-0.2, 0) is 11.3 Å². The number of rotatable bonds is 3. The second-order valence-electron chi connectivity index (χ2n) is 3.25. The van der Waals surface area contributed by atoms with Crippen molar-refractivity contribution in [2.24, 2.45) is 5.73 Å². The van der Waals surface area contributed by atoms with Crippen LogP contribution in [0.4, 0.5) is 0 Å². The summed E-state index contributed by atoms with van der Waals surface area (Å²) in [6.45, 7) is 0.507. The fourth-order valence-corrected chi connectivity index (χ4v) is 1.33. The zero-order valence-corrected chi connectivity index (χ0v) is 7.81. The molecule has 1 aromatic heterocycles. The maximum atomic E-state index is 5.62. The van der Waals surface area contributed by atoms with Gasteiger partial charge in [-0.15, -0.1) is 0 Å². The van der Waals surface area contributed by atoms with Gasteiger partial charge in [0.15, 0.2) is 0 Å². The number of nitrogens with zero attached hydrogens (tertiary/aromatic N) is 1. The van der Waals surface area contributed by atoms with Crippen molar-refractivity contribution in [3.63, 3.8) is 0 Å². The molecule has 14 heavy (non-hydrogen) atoms. The van der Waals surface area contributed by atoms with Crippen LogP contribution >= 0.6 is 0 Å². The zero-order chi connectivity index (χ0) is 9.80. The lowest BCUT2D eigenvalue weighted by Gasteiger charge is -2.09. The fraction of sp³-hybridized carbons (Fsp3) is 0.444. The molecule has 1 aliphatic rings. The highest BCUT2D eigenvalue weighted by Crippen LogP contribution is 2.05. The van der Waals surface area contributed by atoms with Crippen molar-refractivity contribution >= 4 is 0 Å². The average Bonchev–Trinajstić information content (AvgIpc) is 2.63. The maximum Gasteiger partial charge on any atom is 0.123 e. The Kier molecular flexibility index (Phi) is 3.05. The summed E-state index contributed by atoms with van der Waals surface area (Å²) >= 11 is 0. The third kappa shape index (κ3) is 2.49. The Labute approximate surface area is 82.6 Å². The van der Waals surface area contributed by atoms with E-state index < -0.39 is 0 Å². The van der Waals surface area contributed by atoms with Crippen LogP contribution in [0.3, 0.4) is 0 Å². The summed E-state index contributed by atoms with van der Waals surface area (Å²) in [6, 6.07) is 5.76. The Morgan fingerprint density at radius 2 is 2.43 bits per heavy atom. The van der Waals surface area contributed by atoms with Crippen molar-refractivity contribution in [2.75, 3.05) is 0 Å². The molecule has 0 spiro atoms. The topological polar surface area (TPSA) is 72.2 Å². The second kappa shape index (κ2) is 4.47. The van der Waals surface area contributed by atoms with E-state index in [9.17, 15) is 0 Å². The first kappa shape index (κ1) is 9.54. The number of hydrogen-bond donors (Lipinski definition) is 3. The second-order valence-corrected chi connectivity index (χ2v) is 3.25. The fourth-order valence-electron chi connectivity index (χ4n) is 1.33. The van der Waals surface area contributed by atoms with E-state index in [2.05, 4.69) is 15.8 Å². The Morgan fingerprint density at radius 1 is 1.50 bits per heavy atom. The zero-order valence-electron chi connectivity index (χ0n) is 7.81. The molecule has 1 fully saturated rings. The van der Waals surface area contributed by atoms with Gasteiger partial charge in [-0.3, -0.25) is 4.98 Å². The molecule has 1 aliphatic heterocycles. The van der Waals surface area contributed by atoms with E-state index in [-0.39, 0.29) is 12.4 Å². The van der Waals surface area contributed by atoms with Crippen LogP contribution in [0.1, 0.15) is 12.1 Å². The van der Waals surface area contributed by atoms with Crippen LogP contribution in [0.2, 0.25) is 0 Å². The SMILES string of the molecule is NC1CC(OCc2ccccn2)NN1. The van der Waals surface area contributed by atoms with Gasteiger partial charge in [0.2, 0.25) is 0 Å². The first-order valence-corrected chi connectivity index (χ1v) is 4.63. The first-order valence-electron chi connectivity index (χ1n) is 4.63. The van der Waals surface area contributed by atoms with Crippen LogP contribution in [-0.4, -0.2) is 17.4 Å². The molecule has 2 rings (SSSR count). The largest absolute Gasteiger partial charge is 0.356 e. The minimum absolute atomic E-state index is 0.0213. The molecule has 0 aliphatic carbocycles. The molecule has 2 heterocycles. The van der Waals surface area contributed by atoms with Crippen molar-refractivity contribution in [1.82, 2.24) is 15.8 Å². The molecule has 5 nitrogen and oxygen atoms in total. The molecular formula is C9H14N4O. The summed E-state index contributed by atoms with van der Waals surface area (Å²) in [5.74, 6) is 0. The molecule has 76 valence electrons. The minimum Gasteiger partial charge on any atom is -0.356 e. The number of ether oxygens (including phenoxy) is 1. The van der Waals surface area contributed by atoms with Crippen molar-refractivity contribution in [1.29, 1.82) is 0 Å². The van der Waals surface area contributed by atoms with Gasteiger partial charge in [0.25, 0.3) is 0 Å². The van der Waals surface area contributed by atoms with Gasteiger partial charge in [0.05, 0.1) is 18.5 Å². The van der Waals surface area contributed by atoms with Gasteiger partial charge >= 0.3 is 0 Å². The number of hydrogen-bond acceptors (Lipinski definition) is 5. The van der Waals surface area contributed by atoms with E-state index in [1.165, 1.54) is 0 Å². The highest BCUT2D eigenvalue weighted by molar-refractivity contribution is 5.01. The molecule has 4 N–H and O–H groups in total. The van der Waals surface area contributed by atoms with E-state index in [0.29, 0.717) is 6.61 Å². The molecule has 1 saturated heterocycles. The van der Waals surface area contributed by atoms with Crippen LogP contribution in [0.25, 0.3) is 0 Å². The Bertz CT molecular complexity index is 279. The maximum absolute atomic E-state index is 5.62. The number of nitrogens with one attached hydrogen (secondary N) is 2. The molecular weight excluding hydrogens is 180 g/mol. The lowest BCUT2D eigenvalue weighted by Crippen LogP contribution is -2.38. The Balaban J connectivity index is 1.78. The van der Waals surface area contributed by atoms with Gasteiger partial charge in [-0.2, -0.15) is 0 Å². The van der Waals surface area contributed by atoms with Gasteiger partial charge in [0.1, 0.15) is 6.23 Å². The van der Waals surface area contributed by atoms with E-state index >= 15 is 0 Å².